The van der Waals surface area contributed by atoms with E-state index in [1.165, 1.54) is 25.1 Å². The van der Waals surface area contributed by atoms with Gasteiger partial charge in [0.05, 0.1) is 25.5 Å². The molecule has 1 aromatic heterocycles. The van der Waals surface area contributed by atoms with Crippen LogP contribution in [0.3, 0.4) is 0 Å². The van der Waals surface area contributed by atoms with Crippen LogP contribution in [0.25, 0.3) is 0 Å². The van der Waals surface area contributed by atoms with Crippen molar-refractivity contribution in [3.63, 3.8) is 0 Å². The summed E-state index contributed by atoms with van der Waals surface area (Å²) >= 11 is 3.02. The normalized spacial score (nSPS) is 10.2. The van der Waals surface area contributed by atoms with Gasteiger partial charge in [-0.2, -0.15) is 4.68 Å². The first-order valence-electron chi connectivity index (χ1n) is 6.33. The Labute approximate surface area is 139 Å². The van der Waals surface area contributed by atoms with Gasteiger partial charge in [-0.3, -0.25) is 4.79 Å². The number of benzene rings is 1. The Morgan fingerprint density at radius 1 is 1.35 bits per heavy atom. The molecule has 122 valence electrons. The molecule has 0 aliphatic rings. The van der Waals surface area contributed by atoms with Crippen LogP contribution in [-0.2, 0) is 11.3 Å². The molecule has 2 rings (SSSR count). The molecule has 0 radical (unpaired) electrons. The van der Waals surface area contributed by atoms with E-state index < -0.39 is 10.8 Å². The van der Waals surface area contributed by atoms with Crippen LogP contribution < -0.4 is 14.8 Å². The van der Waals surface area contributed by atoms with Crippen molar-refractivity contribution in [1.29, 1.82) is 0 Å². The number of aromatic nitrogens is 2. The van der Waals surface area contributed by atoms with E-state index in [0.717, 1.165) is 0 Å². The summed E-state index contributed by atoms with van der Waals surface area (Å²) in [4.78, 5) is 22.1. The van der Waals surface area contributed by atoms with Crippen molar-refractivity contribution in [3.8, 4) is 11.5 Å². The number of hydrogen-bond acceptors (Lipinski definition) is 6. The van der Waals surface area contributed by atoms with E-state index in [1.807, 2.05) is 0 Å². The summed E-state index contributed by atoms with van der Waals surface area (Å²) in [7, 11) is 3.00. The molecule has 0 saturated heterocycles. The van der Waals surface area contributed by atoms with Gasteiger partial charge in [0.2, 0.25) is 5.91 Å². The van der Waals surface area contributed by atoms with E-state index in [9.17, 15) is 14.9 Å². The maximum atomic E-state index is 12.0. The molecule has 0 bridgehead atoms. The fourth-order valence-corrected chi connectivity index (χ4v) is 2.28. The lowest BCUT2D eigenvalue weighted by Crippen LogP contribution is -2.19. The molecular formula is C13H13BrN4O5. The van der Waals surface area contributed by atoms with Crippen molar-refractivity contribution in [1.82, 2.24) is 9.78 Å². The van der Waals surface area contributed by atoms with Gasteiger partial charge in [-0.25, -0.2) is 0 Å². The Kier molecular flexibility index (Phi) is 5.16. The number of nitrogens with zero attached hydrogens (tertiary/aromatic N) is 3. The van der Waals surface area contributed by atoms with Gasteiger partial charge >= 0.3 is 5.82 Å². The van der Waals surface area contributed by atoms with Crippen molar-refractivity contribution < 1.29 is 19.2 Å². The van der Waals surface area contributed by atoms with E-state index in [2.05, 4.69) is 26.3 Å². The second-order valence-electron chi connectivity index (χ2n) is 4.40. The topological polar surface area (TPSA) is 109 Å². The van der Waals surface area contributed by atoms with Crippen LogP contribution in [0.2, 0.25) is 0 Å². The van der Waals surface area contributed by atoms with Gasteiger partial charge in [0, 0.05) is 23.9 Å². The average Bonchev–Trinajstić information content (AvgIpc) is 2.87. The molecule has 0 spiro atoms. The fraction of sp³-hybridized carbons (Fsp3) is 0.231. The molecule has 0 aliphatic heterocycles. The van der Waals surface area contributed by atoms with Crippen LogP contribution in [-0.4, -0.2) is 34.8 Å². The minimum atomic E-state index is -0.634. The predicted molar refractivity (Wildman–Crippen MR) is 84.8 cm³/mol. The highest BCUT2D eigenvalue weighted by Crippen LogP contribution is 2.26. The third kappa shape index (κ3) is 4.19. The monoisotopic (exact) mass is 384 g/mol. The highest BCUT2D eigenvalue weighted by Gasteiger charge is 2.20. The average molecular weight is 385 g/mol. The highest BCUT2D eigenvalue weighted by molar-refractivity contribution is 9.10. The number of nitro groups is 1. The number of carbonyl (C=O) groups is 1. The molecule has 0 aliphatic carbocycles. The minimum absolute atomic E-state index is 0.175. The number of amides is 1. The second kappa shape index (κ2) is 7.09. The maximum Gasteiger partial charge on any atom is 0.404 e. The first-order valence-corrected chi connectivity index (χ1v) is 7.12. The first-order chi connectivity index (χ1) is 10.9. The van der Waals surface area contributed by atoms with Crippen LogP contribution in [0.15, 0.2) is 28.9 Å². The molecule has 1 amide bonds. The lowest BCUT2D eigenvalue weighted by Gasteiger charge is -2.09. The Bertz CT molecular complexity index is 724. The third-order valence-corrected chi connectivity index (χ3v) is 3.37. The molecule has 23 heavy (non-hydrogen) atoms. The van der Waals surface area contributed by atoms with Gasteiger partial charge in [-0.15, -0.1) is 0 Å². The number of rotatable bonds is 6. The van der Waals surface area contributed by atoms with E-state index >= 15 is 0 Å². The lowest BCUT2D eigenvalue weighted by atomic mass is 10.2. The molecule has 1 N–H and O–H groups in total. The Morgan fingerprint density at radius 2 is 1.96 bits per heavy atom. The van der Waals surface area contributed by atoms with Crippen molar-refractivity contribution in [2.24, 2.45) is 0 Å². The van der Waals surface area contributed by atoms with Crippen LogP contribution in [0.5, 0.6) is 11.5 Å². The number of anilines is 1. The summed E-state index contributed by atoms with van der Waals surface area (Å²) < 4.78 is 11.6. The van der Waals surface area contributed by atoms with E-state index in [1.54, 1.807) is 18.2 Å². The second-order valence-corrected chi connectivity index (χ2v) is 5.26. The Balaban J connectivity index is 2.10. The number of halogens is 1. The molecular weight excluding hydrogens is 372 g/mol. The number of ether oxygens (including phenoxy) is 2. The summed E-state index contributed by atoms with van der Waals surface area (Å²) in [5.41, 5.74) is 0.479. The quantitative estimate of drug-likeness (QED) is 0.603. The van der Waals surface area contributed by atoms with Crippen molar-refractivity contribution in [3.05, 3.63) is 39.0 Å². The fourth-order valence-electron chi connectivity index (χ4n) is 1.82. The smallest absolute Gasteiger partial charge is 0.404 e. The van der Waals surface area contributed by atoms with Gasteiger partial charge in [-0.1, -0.05) is 0 Å². The predicted octanol–water partition coefficient (Wildman–Crippen LogP) is 2.21. The molecule has 1 heterocycles. The Morgan fingerprint density at radius 3 is 2.43 bits per heavy atom. The SMILES string of the molecule is COc1cc(NC(=O)Cn2cc(Br)c([N+](=O)[O-])n2)cc(OC)c1. The van der Waals surface area contributed by atoms with Crippen LogP contribution in [0.1, 0.15) is 0 Å². The lowest BCUT2D eigenvalue weighted by molar-refractivity contribution is -0.390. The summed E-state index contributed by atoms with van der Waals surface area (Å²) in [5, 5.41) is 17.1. The van der Waals surface area contributed by atoms with Crippen LogP contribution >= 0.6 is 15.9 Å². The molecule has 2 aromatic rings. The van der Waals surface area contributed by atoms with Gasteiger partial charge in [0.1, 0.15) is 22.5 Å². The third-order valence-electron chi connectivity index (χ3n) is 2.81. The van der Waals surface area contributed by atoms with Crippen LogP contribution in [0.4, 0.5) is 11.5 Å². The molecule has 0 atom stereocenters. The zero-order chi connectivity index (χ0) is 17.0. The van der Waals surface area contributed by atoms with E-state index in [4.69, 9.17) is 9.47 Å². The first kappa shape index (κ1) is 16.7. The van der Waals surface area contributed by atoms with Crippen molar-refractivity contribution >= 4 is 33.3 Å². The highest BCUT2D eigenvalue weighted by atomic mass is 79.9. The number of methoxy groups -OCH3 is 2. The minimum Gasteiger partial charge on any atom is -0.497 e. The number of nitrogens with one attached hydrogen (secondary N) is 1. The van der Waals surface area contributed by atoms with Gasteiger partial charge in [0.15, 0.2) is 0 Å². The van der Waals surface area contributed by atoms with Crippen molar-refractivity contribution in [2.75, 3.05) is 19.5 Å². The maximum absolute atomic E-state index is 12.0. The van der Waals surface area contributed by atoms with Crippen LogP contribution in [0, 0.1) is 10.1 Å². The zero-order valence-corrected chi connectivity index (χ0v) is 13.9. The molecule has 9 nitrogen and oxygen atoms in total. The summed E-state index contributed by atoms with van der Waals surface area (Å²) in [5.74, 6) is 0.306. The summed E-state index contributed by atoms with van der Waals surface area (Å²) in [6.45, 7) is -0.175. The summed E-state index contributed by atoms with van der Waals surface area (Å²) in [6, 6.07) is 4.92. The molecule has 10 heteroatoms. The van der Waals surface area contributed by atoms with E-state index in [-0.39, 0.29) is 16.8 Å². The summed E-state index contributed by atoms with van der Waals surface area (Å²) in [6.07, 6.45) is 1.36. The molecule has 1 aromatic carbocycles. The number of carbonyl (C=O) groups excluding carboxylic acids is 1. The molecule has 0 fully saturated rings. The Hall–Kier alpha value is -2.62. The van der Waals surface area contributed by atoms with Crippen molar-refractivity contribution in [2.45, 2.75) is 6.54 Å². The largest absolute Gasteiger partial charge is 0.497 e. The zero-order valence-electron chi connectivity index (χ0n) is 12.3. The van der Waals surface area contributed by atoms with Gasteiger partial charge in [0.25, 0.3) is 0 Å². The standard InChI is InChI=1S/C13H13BrN4O5/c1-22-9-3-8(4-10(5-9)23-2)15-12(19)7-17-6-11(14)13(16-17)18(20)21/h3-6H,7H2,1-2H3,(H,15,19). The van der Waals surface area contributed by atoms with E-state index in [0.29, 0.717) is 17.2 Å². The van der Waals surface area contributed by atoms with Gasteiger partial charge in [-0.05, 0) is 20.9 Å². The molecule has 0 saturated carbocycles. The molecule has 0 unspecified atom stereocenters. The van der Waals surface area contributed by atoms with Gasteiger partial charge < -0.3 is 24.9 Å². The number of hydrogen-bond donors (Lipinski definition) is 1.